The molecule has 26 heavy (non-hydrogen) atoms. The molecule has 2 fully saturated rings. The SMILES string of the molecule is CCNC(=NCc1ccc(S(=O)(=O)NC)cc1)N1CCC2(CCC2)C1.I. The highest BCUT2D eigenvalue weighted by Crippen LogP contribution is 2.47. The lowest BCUT2D eigenvalue weighted by Gasteiger charge is -2.38. The van der Waals surface area contributed by atoms with Gasteiger partial charge in [-0.05, 0) is 56.3 Å². The standard InChI is InChI=1S/C18H28N4O2S.HI/c1-3-20-17(22-12-11-18(14-22)9-4-10-18)21-13-15-5-7-16(8-6-15)25(23,24)19-2;/h5-8,19H,3-4,9-14H2,1-2H3,(H,20,21);1H. The maximum Gasteiger partial charge on any atom is 0.240 e. The van der Waals surface area contributed by atoms with Crippen LogP contribution in [0.15, 0.2) is 34.2 Å². The number of nitrogens with one attached hydrogen (secondary N) is 2. The van der Waals surface area contributed by atoms with E-state index in [4.69, 9.17) is 4.99 Å². The smallest absolute Gasteiger partial charge is 0.240 e. The van der Waals surface area contributed by atoms with Crippen molar-refractivity contribution in [2.75, 3.05) is 26.7 Å². The minimum Gasteiger partial charge on any atom is -0.357 e. The summed E-state index contributed by atoms with van der Waals surface area (Å²) in [5.74, 6) is 0.971. The molecule has 1 aromatic rings. The Labute approximate surface area is 173 Å². The summed E-state index contributed by atoms with van der Waals surface area (Å²) in [4.78, 5) is 7.42. The van der Waals surface area contributed by atoms with Gasteiger partial charge >= 0.3 is 0 Å². The van der Waals surface area contributed by atoms with Gasteiger partial charge in [-0.15, -0.1) is 24.0 Å². The van der Waals surface area contributed by atoms with Crippen molar-refractivity contribution >= 4 is 40.0 Å². The summed E-state index contributed by atoms with van der Waals surface area (Å²) in [7, 11) is -1.97. The fourth-order valence-electron chi connectivity index (χ4n) is 3.68. The van der Waals surface area contributed by atoms with Crippen molar-refractivity contribution in [3.8, 4) is 0 Å². The Morgan fingerprint density at radius 1 is 1.23 bits per heavy atom. The Morgan fingerprint density at radius 2 is 1.92 bits per heavy atom. The first kappa shape index (κ1) is 21.4. The molecule has 0 bridgehead atoms. The van der Waals surface area contributed by atoms with E-state index in [1.807, 2.05) is 12.1 Å². The number of sulfonamides is 1. The lowest BCUT2D eigenvalue weighted by molar-refractivity contribution is 0.151. The molecule has 1 aromatic carbocycles. The maximum atomic E-state index is 11.8. The zero-order valence-corrected chi connectivity index (χ0v) is 18.6. The number of guanidine groups is 1. The highest BCUT2D eigenvalue weighted by Gasteiger charge is 2.43. The van der Waals surface area contributed by atoms with Gasteiger partial charge in [0.25, 0.3) is 0 Å². The van der Waals surface area contributed by atoms with Crippen LogP contribution in [0.3, 0.4) is 0 Å². The molecular weight excluding hydrogens is 463 g/mol. The average Bonchev–Trinajstić information content (AvgIpc) is 3.05. The Kier molecular flexibility index (Phi) is 7.32. The summed E-state index contributed by atoms with van der Waals surface area (Å²) in [5, 5.41) is 3.40. The van der Waals surface area contributed by atoms with E-state index in [1.165, 1.54) is 32.7 Å². The van der Waals surface area contributed by atoms with Gasteiger partial charge in [0.05, 0.1) is 11.4 Å². The van der Waals surface area contributed by atoms with E-state index in [-0.39, 0.29) is 28.9 Å². The number of hydrogen-bond donors (Lipinski definition) is 2. The van der Waals surface area contributed by atoms with Crippen molar-refractivity contribution in [2.45, 2.75) is 44.0 Å². The van der Waals surface area contributed by atoms with E-state index in [0.717, 1.165) is 31.2 Å². The van der Waals surface area contributed by atoms with Gasteiger partial charge in [-0.3, -0.25) is 0 Å². The van der Waals surface area contributed by atoms with Crippen LogP contribution in [0.2, 0.25) is 0 Å². The van der Waals surface area contributed by atoms with Gasteiger partial charge in [-0.25, -0.2) is 18.1 Å². The molecule has 1 heterocycles. The second kappa shape index (κ2) is 8.88. The van der Waals surface area contributed by atoms with Crippen molar-refractivity contribution < 1.29 is 8.42 Å². The normalized spacial score (nSPS) is 19.2. The van der Waals surface area contributed by atoms with Crippen LogP contribution in [0.4, 0.5) is 0 Å². The van der Waals surface area contributed by atoms with Crippen molar-refractivity contribution in [2.24, 2.45) is 10.4 Å². The second-order valence-electron chi connectivity index (χ2n) is 7.05. The van der Waals surface area contributed by atoms with E-state index < -0.39 is 10.0 Å². The number of benzene rings is 1. The molecule has 2 aliphatic rings. The Balaban J connectivity index is 0.00000243. The van der Waals surface area contributed by atoms with E-state index >= 15 is 0 Å². The number of nitrogens with zero attached hydrogens (tertiary/aromatic N) is 2. The minimum atomic E-state index is -3.38. The third kappa shape index (κ3) is 4.69. The molecule has 6 nitrogen and oxygen atoms in total. The molecule has 3 rings (SSSR count). The molecular formula is C18H29IN4O2S. The minimum absolute atomic E-state index is 0. The predicted molar refractivity (Wildman–Crippen MR) is 115 cm³/mol. The number of rotatable bonds is 5. The van der Waals surface area contributed by atoms with Crippen LogP contribution >= 0.6 is 24.0 Å². The van der Waals surface area contributed by atoms with Crippen LogP contribution in [0, 0.1) is 5.41 Å². The van der Waals surface area contributed by atoms with Gasteiger partial charge in [0.15, 0.2) is 5.96 Å². The molecule has 2 N–H and O–H groups in total. The topological polar surface area (TPSA) is 73.8 Å². The molecule has 0 atom stereocenters. The average molecular weight is 492 g/mol. The molecule has 0 amide bonds. The second-order valence-corrected chi connectivity index (χ2v) is 8.93. The monoisotopic (exact) mass is 492 g/mol. The number of hydrogen-bond acceptors (Lipinski definition) is 3. The summed E-state index contributed by atoms with van der Waals surface area (Å²) >= 11 is 0. The number of likely N-dealkylation sites (tertiary alicyclic amines) is 1. The van der Waals surface area contributed by atoms with Crippen molar-refractivity contribution in [1.82, 2.24) is 14.9 Å². The van der Waals surface area contributed by atoms with Gasteiger partial charge in [-0.1, -0.05) is 18.6 Å². The highest BCUT2D eigenvalue weighted by atomic mass is 127. The zero-order valence-electron chi connectivity index (χ0n) is 15.5. The first-order valence-electron chi connectivity index (χ1n) is 9.04. The van der Waals surface area contributed by atoms with Crippen LogP contribution in [0.25, 0.3) is 0 Å². The van der Waals surface area contributed by atoms with Gasteiger partial charge in [0.1, 0.15) is 0 Å². The van der Waals surface area contributed by atoms with E-state index in [2.05, 4.69) is 21.9 Å². The van der Waals surface area contributed by atoms with Crippen molar-refractivity contribution in [1.29, 1.82) is 0 Å². The van der Waals surface area contributed by atoms with Gasteiger partial charge < -0.3 is 10.2 Å². The lowest BCUT2D eigenvalue weighted by Crippen LogP contribution is -2.42. The van der Waals surface area contributed by atoms with Gasteiger partial charge in [0.2, 0.25) is 10.0 Å². The Morgan fingerprint density at radius 3 is 2.42 bits per heavy atom. The fraction of sp³-hybridized carbons (Fsp3) is 0.611. The molecule has 0 unspecified atom stereocenters. The Hall–Kier alpha value is -0.870. The number of halogens is 1. The summed E-state index contributed by atoms with van der Waals surface area (Å²) in [6, 6.07) is 6.91. The summed E-state index contributed by atoms with van der Waals surface area (Å²) in [5.41, 5.74) is 1.54. The predicted octanol–water partition coefficient (Wildman–Crippen LogP) is 2.55. The molecule has 1 saturated heterocycles. The summed E-state index contributed by atoms with van der Waals surface area (Å²) < 4.78 is 25.9. The molecule has 1 saturated carbocycles. The van der Waals surface area contributed by atoms with E-state index in [0.29, 0.717) is 12.0 Å². The highest BCUT2D eigenvalue weighted by molar-refractivity contribution is 14.0. The van der Waals surface area contributed by atoms with E-state index in [9.17, 15) is 8.42 Å². The molecule has 1 aliphatic carbocycles. The fourth-order valence-corrected chi connectivity index (χ4v) is 4.41. The maximum absolute atomic E-state index is 11.8. The summed E-state index contributed by atoms with van der Waals surface area (Å²) in [6.45, 7) is 5.67. The van der Waals surface area contributed by atoms with Crippen LogP contribution in [-0.2, 0) is 16.6 Å². The van der Waals surface area contributed by atoms with Crippen molar-refractivity contribution in [3.63, 3.8) is 0 Å². The lowest BCUT2D eigenvalue weighted by atomic mass is 9.68. The molecule has 8 heteroatoms. The van der Waals surface area contributed by atoms with Crippen molar-refractivity contribution in [3.05, 3.63) is 29.8 Å². The molecule has 1 aliphatic heterocycles. The first-order valence-corrected chi connectivity index (χ1v) is 10.5. The first-order chi connectivity index (χ1) is 12.0. The molecule has 146 valence electrons. The molecule has 0 radical (unpaired) electrons. The third-order valence-electron chi connectivity index (χ3n) is 5.40. The molecule has 1 spiro atoms. The van der Waals surface area contributed by atoms with Crippen LogP contribution in [-0.4, -0.2) is 46.0 Å². The quantitative estimate of drug-likeness (QED) is 0.377. The van der Waals surface area contributed by atoms with Crippen LogP contribution in [0.1, 0.15) is 38.2 Å². The van der Waals surface area contributed by atoms with Crippen LogP contribution in [0.5, 0.6) is 0 Å². The largest absolute Gasteiger partial charge is 0.357 e. The number of aliphatic imine (C=N–C) groups is 1. The molecule has 0 aromatic heterocycles. The van der Waals surface area contributed by atoms with E-state index in [1.54, 1.807) is 12.1 Å². The third-order valence-corrected chi connectivity index (χ3v) is 6.83. The summed E-state index contributed by atoms with van der Waals surface area (Å²) in [6.07, 6.45) is 5.34. The van der Waals surface area contributed by atoms with Crippen LogP contribution < -0.4 is 10.0 Å². The Bertz CT molecular complexity index is 730. The zero-order chi connectivity index (χ0) is 17.9. The van der Waals surface area contributed by atoms with Gasteiger partial charge in [-0.2, -0.15) is 0 Å². The van der Waals surface area contributed by atoms with Gasteiger partial charge in [0, 0.05) is 19.6 Å².